The molecule has 0 aromatic rings. The normalized spacial score (nSPS) is 14.5. The SMILES string of the molecule is CC/C=C/C=C/C=C\CCCCCCCC(=O)OC(/C=C\CCCCCCCCCCC)C(COP(=O)([O-])OCC[N+](C)(C)C)NC(=O)CCCCCCC/C=C\C/C=C\C/C=C\C/C=C\CCCCC. The van der Waals surface area contributed by atoms with Crippen molar-refractivity contribution in [3.63, 3.8) is 0 Å². The number of likely N-dealkylation sites (N-methyl/N-ethyl adjacent to an activating group) is 1. The van der Waals surface area contributed by atoms with Gasteiger partial charge in [-0.3, -0.25) is 14.2 Å². The number of hydrogen-bond acceptors (Lipinski definition) is 7. The van der Waals surface area contributed by atoms with Gasteiger partial charge in [0.15, 0.2) is 0 Å². The Bertz CT molecular complexity index is 1540. The number of allylic oxidation sites excluding steroid dienone is 15. The van der Waals surface area contributed by atoms with E-state index in [1.807, 2.05) is 39.4 Å². The van der Waals surface area contributed by atoms with E-state index in [1.165, 1.54) is 70.6 Å². The maximum Gasteiger partial charge on any atom is 0.306 e. The summed E-state index contributed by atoms with van der Waals surface area (Å²) in [6, 6.07) is -0.911. The van der Waals surface area contributed by atoms with Gasteiger partial charge in [0.25, 0.3) is 7.82 Å². The molecule has 0 aliphatic carbocycles. The number of quaternary nitrogens is 1. The van der Waals surface area contributed by atoms with Gasteiger partial charge in [-0.05, 0) is 96.0 Å². The molecule has 0 rings (SSSR count). The summed E-state index contributed by atoms with van der Waals surface area (Å²) in [6.07, 6.45) is 66.6. The average molecular weight is 1010 g/mol. The second-order valence-corrected chi connectivity index (χ2v) is 21.5. The van der Waals surface area contributed by atoms with Crippen molar-refractivity contribution in [1.29, 1.82) is 0 Å². The second-order valence-electron chi connectivity index (χ2n) is 20.1. The Labute approximate surface area is 437 Å². The summed E-state index contributed by atoms with van der Waals surface area (Å²) in [5.41, 5.74) is 0. The number of amides is 1. The molecule has 1 amide bonds. The number of carbonyl (C=O) groups excluding carboxylic acids is 2. The summed E-state index contributed by atoms with van der Waals surface area (Å²) in [4.78, 5) is 39.8. The highest BCUT2D eigenvalue weighted by atomic mass is 31.2. The van der Waals surface area contributed by atoms with Crippen LogP contribution in [0.25, 0.3) is 0 Å². The third kappa shape index (κ3) is 51.6. The van der Waals surface area contributed by atoms with E-state index in [-0.39, 0.29) is 31.3 Å². The Morgan fingerprint density at radius 1 is 0.521 bits per heavy atom. The Balaban J connectivity index is 5.34. The highest BCUT2D eigenvalue weighted by Crippen LogP contribution is 2.38. The monoisotopic (exact) mass is 1010 g/mol. The van der Waals surface area contributed by atoms with Crippen LogP contribution < -0.4 is 10.2 Å². The first kappa shape index (κ1) is 67.9. The number of phosphoric acid groups is 1. The number of ether oxygens (including phenoxy) is 1. The van der Waals surface area contributed by atoms with Crippen LogP contribution >= 0.6 is 7.82 Å². The van der Waals surface area contributed by atoms with E-state index in [0.717, 1.165) is 109 Å². The standard InChI is InChI=1S/C61H107N2O7P/c1-7-10-13-16-19-22-25-27-28-29-30-31-32-33-34-36-38-41-44-47-50-53-60(64)62-58(57-69-71(66,67)68-56-55-63(4,5)6)59(52-49-46-43-40-37-24-21-18-15-12-9-3)70-61(65)54-51-48-45-42-39-35-26-23-20-17-14-11-8-2/h11,14,17,19-20,22-23,26-28,30-31,33-34,49,52,58-59H,7-10,12-13,15-16,18,21,24-25,29,32,35-48,50-51,53-57H2,1-6H3,(H-,62,64,66,67)/b14-11+,20-17+,22-19-,26-23-,28-27-,31-30-,34-33-,52-49-. The zero-order valence-corrected chi connectivity index (χ0v) is 47.3. The third-order valence-corrected chi connectivity index (χ3v) is 13.0. The Morgan fingerprint density at radius 3 is 1.49 bits per heavy atom. The first-order valence-electron chi connectivity index (χ1n) is 28.6. The van der Waals surface area contributed by atoms with E-state index in [2.05, 4.69) is 105 Å². The molecular formula is C61H107N2O7P. The molecule has 0 spiro atoms. The Morgan fingerprint density at radius 2 is 0.958 bits per heavy atom. The molecule has 0 aliphatic heterocycles. The van der Waals surface area contributed by atoms with E-state index in [1.54, 1.807) is 0 Å². The maximum atomic E-state index is 13.5. The van der Waals surface area contributed by atoms with E-state index < -0.39 is 26.6 Å². The molecule has 0 heterocycles. The van der Waals surface area contributed by atoms with Crippen LogP contribution in [0, 0.1) is 0 Å². The molecule has 0 radical (unpaired) electrons. The van der Waals surface area contributed by atoms with Crippen LogP contribution in [0.2, 0.25) is 0 Å². The lowest BCUT2D eigenvalue weighted by molar-refractivity contribution is -0.870. The van der Waals surface area contributed by atoms with Crippen LogP contribution in [-0.2, 0) is 27.9 Å². The van der Waals surface area contributed by atoms with Crippen molar-refractivity contribution in [3.8, 4) is 0 Å². The van der Waals surface area contributed by atoms with Gasteiger partial charge in [-0.25, -0.2) is 0 Å². The predicted octanol–water partition coefficient (Wildman–Crippen LogP) is 16.6. The number of phosphoric ester groups is 1. The van der Waals surface area contributed by atoms with Crippen LogP contribution in [0.15, 0.2) is 97.2 Å². The zero-order chi connectivity index (χ0) is 52.2. The van der Waals surface area contributed by atoms with Crippen molar-refractivity contribution in [2.24, 2.45) is 0 Å². The zero-order valence-electron chi connectivity index (χ0n) is 46.4. The second kappa shape index (κ2) is 50.5. The van der Waals surface area contributed by atoms with Crippen molar-refractivity contribution in [2.45, 2.75) is 238 Å². The highest BCUT2D eigenvalue weighted by molar-refractivity contribution is 7.45. The quantitative estimate of drug-likeness (QED) is 0.0161. The van der Waals surface area contributed by atoms with Gasteiger partial charge < -0.3 is 28.5 Å². The van der Waals surface area contributed by atoms with Gasteiger partial charge in [0, 0.05) is 12.8 Å². The summed E-state index contributed by atoms with van der Waals surface area (Å²) in [5.74, 6) is -0.594. The Kier molecular flexibility index (Phi) is 48.3. The number of rotatable bonds is 50. The largest absolute Gasteiger partial charge is 0.756 e. The topological polar surface area (TPSA) is 114 Å². The van der Waals surface area contributed by atoms with Crippen molar-refractivity contribution >= 4 is 19.7 Å². The minimum Gasteiger partial charge on any atom is -0.756 e. The van der Waals surface area contributed by atoms with Crippen molar-refractivity contribution in [3.05, 3.63) is 97.2 Å². The number of nitrogens with one attached hydrogen (secondary N) is 1. The smallest absolute Gasteiger partial charge is 0.306 e. The minimum atomic E-state index is -4.71. The van der Waals surface area contributed by atoms with E-state index in [0.29, 0.717) is 23.9 Å². The number of unbranched alkanes of at least 4 members (excludes halogenated alkanes) is 22. The molecule has 0 aromatic heterocycles. The lowest BCUT2D eigenvalue weighted by Crippen LogP contribution is -2.47. The van der Waals surface area contributed by atoms with Crippen LogP contribution in [0.3, 0.4) is 0 Å². The lowest BCUT2D eigenvalue weighted by atomic mass is 10.1. The van der Waals surface area contributed by atoms with Crippen molar-refractivity contribution < 1.29 is 37.3 Å². The molecule has 0 fully saturated rings. The Hall–Kier alpha value is -3.07. The molecule has 10 heteroatoms. The van der Waals surface area contributed by atoms with Gasteiger partial charge in [-0.1, -0.05) is 215 Å². The van der Waals surface area contributed by atoms with E-state index in [4.69, 9.17) is 13.8 Å². The van der Waals surface area contributed by atoms with Gasteiger partial charge >= 0.3 is 5.97 Å². The first-order valence-corrected chi connectivity index (χ1v) is 30.0. The number of hydrogen-bond donors (Lipinski definition) is 1. The number of carbonyl (C=O) groups is 2. The molecule has 3 atom stereocenters. The van der Waals surface area contributed by atoms with Crippen LogP contribution in [0.4, 0.5) is 0 Å². The molecule has 71 heavy (non-hydrogen) atoms. The van der Waals surface area contributed by atoms with Crippen LogP contribution in [0.1, 0.15) is 226 Å². The molecule has 9 nitrogen and oxygen atoms in total. The maximum absolute atomic E-state index is 13.5. The number of esters is 1. The van der Waals surface area contributed by atoms with Crippen molar-refractivity contribution in [1.82, 2.24) is 5.32 Å². The molecule has 0 aliphatic rings. The summed E-state index contributed by atoms with van der Waals surface area (Å²) >= 11 is 0. The van der Waals surface area contributed by atoms with Gasteiger partial charge in [-0.15, -0.1) is 0 Å². The summed E-state index contributed by atoms with van der Waals surface area (Å²) in [5, 5.41) is 3.00. The lowest BCUT2D eigenvalue weighted by Gasteiger charge is -2.30. The molecule has 0 bridgehead atoms. The summed E-state index contributed by atoms with van der Waals surface area (Å²) < 4.78 is 30.2. The summed E-state index contributed by atoms with van der Waals surface area (Å²) in [7, 11) is 1.14. The van der Waals surface area contributed by atoms with Gasteiger partial charge in [0.05, 0.1) is 33.8 Å². The third-order valence-electron chi connectivity index (χ3n) is 12.1. The van der Waals surface area contributed by atoms with Gasteiger partial charge in [0.1, 0.15) is 19.3 Å². The molecule has 3 unspecified atom stereocenters. The van der Waals surface area contributed by atoms with Crippen LogP contribution in [-0.4, -0.2) is 69.4 Å². The average Bonchev–Trinajstić information content (AvgIpc) is 3.33. The fourth-order valence-electron chi connectivity index (χ4n) is 7.62. The highest BCUT2D eigenvalue weighted by Gasteiger charge is 2.27. The molecule has 0 saturated carbocycles. The first-order chi connectivity index (χ1) is 34.4. The predicted molar refractivity (Wildman–Crippen MR) is 302 cm³/mol. The fraction of sp³-hybridized carbons (Fsp3) is 0.705. The van der Waals surface area contributed by atoms with E-state index >= 15 is 0 Å². The summed E-state index contributed by atoms with van der Waals surface area (Å²) in [6.45, 7) is 6.62. The molecule has 0 aromatic carbocycles. The molecule has 1 N–H and O–H groups in total. The van der Waals surface area contributed by atoms with E-state index in [9.17, 15) is 19.0 Å². The van der Waals surface area contributed by atoms with Crippen LogP contribution in [0.5, 0.6) is 0 Å². The molecular weight excluding hydrogens is 904 g/mol. The minimum absolute atomic E-state index is 0.0348. The van der Waals surface area contributed by atoms with Gasteiger partial charge in [0.2, 0.25) is 5.91 Å². The molecule has 0 saturated heterocycles. The van der Waals surface area contributed by atoms with Crippen molar-refractivity contribution in [2.75, 3.05) is 40.9 Å². The number of nitrogens with zero attached hydrogens (tertiary/aromatic N) is 1. The van der Waals surface area contributed by atoms with Gasteiger partial charge in [-0.2, -0.15) is 0 Å². The fourth-order valence-corrected chi connectivity index (χ4v) is 8.34. The molecule has 408 valence electrons.